The second kappa shape index (κ2) is 4.50. The first-order chi connectivity index (χ1) is 6.09. The zero-order valence-corrected chi connectivity index (χ0v) is 8.11. The average molecular weight is 254 g/mol. The minimum Gasteiger partial charge on any atom is -0.378 e. The molecule has 13 heavy (non-hydrogen) atoms. The van der Waals surface area contributed by atoms with E-state index >= 15 is 0 Å². The summed E-state index contributed by atoms with van der Waals surface area (Å²) in [5, 5.41) is 2.42. The lowest BCUT2D eigenvalue weighted by Gasteiger charge is -2.07. The van der Waals surface area contributed by atoms with Crippen LogP contribution in [-0.2, 0) is 0 Å². The Bertz CT molecular complexity index is 291. The molecule has 0 atom stereocenters. The van der Waals surface area contributed by atoms with Crippen LogP contribution in [0.3, 0.4) is 0 Å². The number of nitrogens with one attached hydrogen (secondary N) is 1. The molecule has 0 aliphatic carbocycles. The minimum absolute atomic E-state index is 0.334. The Morgan fingerprint density at radius 3 is 2.69 bits per heavy atom. The van der Waals surface area contributed by atoms with E-state index < -0.39 is 18.8 Å². The van der Waals surface area contributed by atoms with Gasteiger partial charge in [-0.15, -0.1) is 0 Å². The van der Waals surface area contributed by atoms with E-state index in [4.69, 9.17) is 0 Å². The Labute approximate surface area is 82.1 Å². The van der Waals surface area contributed by atoms with Crippen LogP contribution in [-0.4, -0.2) is 13.0 Å². The van der Waals surface area contributed by atoms with Crippen molar-refractivity contribution < 1.29 is 13.2 Å². The molecule has 0 radical (unpaired) electrons. The summed E-state index contributed by atoms with van der Waals surface area (Å²) in [6.07, 6.45) is -2.45. The fourth-order valence-electron chi connectivity index (χ4n) is 0.820. The average Bonchev–Trinajstić information content (AvgIpc) is 2.06. The summed E-state index contributed by atoms with van der Waals surface area (Å²) in [4.78, 5) is 0. The Morgan fingerprint density at radius 2 is 2.08 bits per heavy atom. The van der Waals surface area contributed by atoms with Crippen LogP contribution in [0.2, 0.25) is 0 Å². The van der Waals surface area contributed by atoms with E-state index in [-0.39, 0.29) is 0 Å². The maximum Gasteiger partial charge on any atom is 0.255 e. The Balaban J connectivity index is 2.70. The largest absolute Gasteiger partial charge is 0.378 e. The molecule has 0 heterocycles. The van der Waals surface area contributed by atoms with Crippen molar-refractivity contribution in [1.82, 2.24) is 0 Å². The van der Waals surface area contributed by atoms with E-state index in [1.807, 2.05) is 0 Å². The van der Waals surface area contributed by atoms with Crippen molar-refractivity contribution in [2.75, 3.05) is 11.9 Å². The van der Waals surface area contributed by atoms with E-state index in [2.05, 4.69) is 21.2 Å². The summed E-state index contributed by atoms with van der Waals surface area (Å²) < 4.78 is 36.7. The third-order valence-electron chi connectivity index (χ3n) is 1.38. The molecular formula is C8H7BrF3N. The monoisotopic (exact) mass is 253 g/mol. The molecule has 0 saturated heterocycles. The smallest absolute Gasteiger partial charge is 0.255 e. The molecular weight excluding hydrogens is 247 g/mol. The Hall–Kier alpha value is -0.710. The van der Waals surface area contributed by atoms with Gasteiger partial charge < -0.3 is 5.32 Å². The highest BCUT2D eigenvalue weighted by Crippen LogP contribution is 2.22. The molecule has 1 aromatic rings. The molecule has 0 saturated carbocycles. The van der Waals surface area contributed by atoms with Gasteiger partial charge in [-0.3, -0.25) is 0 Å². The van der Waals surface area contributed by atoms with Gasteiger partial charge in [-0.25, -0.2) is 13.2 Å². The predicted octanol–water partition coefficient (Wildman–Crippen LogP) is 3.27. The van der Waals surface area contributed by atoms with Crippen LogP contribution < -0.4 is 5.32 Å². The maximum atomic E-state index is 12.6. The molecule has 1 rings (SSSR count). The first kappa shape index (κ1) is 10.4. The van der Waals surface area contributed by atoms with Crippen LogP contribution in [0.5, 0.6) is 0 Å². The number of hydrogen-bond acceptors (Lipinski definition) is 1. The van der Waals surface area contributed by atoms with Gasteiger partial charge in [-0.05, 0) is 34.1 Å². The number of hydrogen-bond donors (Lipinski definition) is 1. The minimum atomic E-state index is -2.45. The van der Waals surface area contributed by atoms with Crippen LogP contribution in [0, 0.1) is 5.82 Å². The highest BCUT2D eigenvalue weighted by Gasteiger charge is 2.05. The van der Waals surface area contributed by atoms with E-state index in [1.54, 1.807) is 0 Å². The van der Waals surface area contributed by atoms with Gasteiger partial charge >= 0.3 is 0 Å². The zero-order valence-electron chi connectivity index (χ0n) is 6.53. The molecule has 0 bridgehead atoms. The second-order valence-corrected chi connectivity index (χ2v) is 3.25. The highest BCUT2D eigenvalue weighted by atomic mass is 79.9. The Kier molecular flexibility index (Phi) is 3.59. The van der Waals surface area contributed by atoms with Crippen LogP contribution >= 0.6 is 15.9 Å². The fraction of sp³-hybridized carbons (Fsp3) is 0.250. The van der Waals surface area contributed by atoms with Crippen molar-refractivity contribution in [2.24, 2.45) is 0 Å². The van der Waals surface area contributed by atoms with Crippen LogP contribution in [0.1, 0.15) is 0 Å². The van der Waals surface area contributed by atoms with Crippen molar-refractivity contribution in [3.63, 3.8) is 0 Å². The number of benzene rings is 1. The molecule has 0 amide bonds. The lowest BCUT2D eigenvalue weighted by atomic mass is 10.3. The first-order valence-electron chi connectivity index (χ1n) is 3.56. The quantitative estimate of drug-likeness (QED) is 0.872. The molecule has 5 heteroatoms. The molecule has 72 valence electrons. The van der Waals surface area contributed by atoms with Gasteiger partial charge in [0.05, 0.1) is 12.2 Å². The van der Waals surface area contributed by atoms with Crippen molar-refractivity contribution >= 4 is 21.6 Å². The van der Waals surface area contributed by atoms with Gasteiger partial charge in [0.25, 0.3) is 6.43 Å². The summed E-state index contributed by atoms with van der Waals surface area (Å²) in [5.41, 5.74) is 0.334. The number of rotatable bonds is 3. The maximum absolute atomic E-state index is 12.6. The van der Waals surface area contributed by atoms with Crippen LogP contribution in [0.15, 0.2) is 22.7 Å². The molecule has 0 spiro atoms. The molecule has 0 aliphatic heterocycles. The lowest BCUT2D eigenvalue weighted by Crippen LogP contribution is -2.10. The van der Waals surface area contributed by atoms with Gasteiger partial charge in [-0.1, -0.05) is 0 Å². The van der Waals surface area contributed by atoms with E-state index in [9.17, 15) is 13.2 Å². The summed E-state index contributed by atoms with van der Waals surface area (Å²) >= 11 is 3.11. The second-order valence-electron chi connectivity index (χ2n) is 2.40. The fourth-order valence-corrected chi connectivity index (χ4v) is 1.21. The normalized spacial score (nSPS) is 10.5. The first-order valence-corrected chi connectivity index (χ1v) is 4.36. The standard InChI is InChI=1S/C8H7BrF3N/c9-6-2-1-5(10)3-7(6)13-4-8(11)12/h1-3,8,13H,4H2. The van der Waals surface area contributed by atoms with Gasteiger partial charge in [-0.2, -0.15) is 0 Å². The SMILES string of the molecule is Fc1ccc(Br)c(NCC(F)F)c1. The van der Waals surface area contributed by atoms with E-state index in [0.717, 1.165) is 6.07 Å². The Morgan fingerprint density at radius 1 is 1.38 bits per heavy atom. The van der Waals surface area contributed by atoms with Crippen molar-refractivity contribution in [3.05, 3.63) is 28.5 Å². The summed E-state index contributed by atoms with van der Waals surface area (Å²) in [7, 11) is 0. The topological polar surface area (TPSA) is 12.0 Å². The van der Waals surface area contributed by atoms with Crippen LogP contribution in [0.4, 0.5) is 18.9 Å². The number of halogens is 4. The van der Waals surface area contributed by atoms with Gasteiger partial charge in [0.2, 0.25) is 0 Å². The molecule has 1 nitrogen and oxygen atoms in total. The van der Waals surface area contributed by atoms with E-state index in [1.165, 1.54) is 12.1 Å². The van der Waals surface area contributed by atoms with Gasteiger partial charge in [0.1, 0.15) is 5.82 Å². The third-order valence-corrected chi connectivity index (χ3v) is 2.07. The molecule has 1 N–H and O–H groups in total. The predicted molar refractivity (Wildman–Crippen MR) is 48.6 cm³/mol. The summed E-state index contributed by atoms with van der Waals surface area (Å²) in [5.74, 6) is -0.458. The van der Waals surface area contributed by atoms with Crippen molar-refractivity contribution in [3.8, 4) is 0 Å². The molecule has 0 fully saturated rings. The zero-order chi connectivity index (χ0) is 9.84. The van der Waals surface area contributed by atoms with Crippen LogP contribution in [0.25, 0.3) is 0 Å². The van der Waals surface area contributed by atoms with Gasteiger partial charge in [0, 0.05) is 4.47 Å². The van der Waals surface area contributed by atoms with Gasteiger partial charge in [0.15, 0.2) is 0 Å². The molecule has 0 aliphatic rings. The van der Waals surface area contributed by atoms with Crippen molar-refractivity contribution in [2.45, 2.75) is 6.43 Å². The molecule has 0 aromatic heterocycles. The van der Waals surface area contributed by atoms with E-state index in [0.29, 0.717) is 10.2 Å². The highest BCUT2D eigenvalue weighted by molar-refractivity contribution is 9.10. The molecule has 0 unspecified atom stereocenters. The summed E-state index contributed by atoms with van der Waals surface area (Å²) in [6, 6.07) is 3.87. The summed E-state index contributed by atoms with van der Waals surface area (Å²) in [6.45, 7) is -0.484. The molecule has 1 aromatic carbocycles. The third kappa shape index (κ3) is 3.26. The number of anilines is 1. The number of alkyl halides is 2. The van der Waals surface area contributed by atoms with Crippen molar-refractivity contribution in [1.29, 1.82) is 0 Å². The lowest BCUT2D eigenvalue weighted by molar-refractivity contribution is 0.163.